The molecule has 9 heteroatoms. The molecule has 0 saturated carbocycles. The Hall–Kier alpha value is -4.08. The van der Waals surface area contributed by atoms with Crippen LogP contribution in [-0.4, -0.2) is 42.1 Å². The van der Waals surface area contributed by atoms with Gasteiger partial charge in [-0.05, 0) is 29.8 Å². The van der Waals surface area contributed by atoms with Crippen molar-refractivity contribution in [2.75, 3.05) is 0 Å². The van der Waals surface area contributed by atoms with E-state index in [4.69, 9.17) is 0 Å². The first kappa shape index (κ1) is 21.7. The van der Waals surface area contributed by atoms with E-state index < -0.39 is 27.8 Å². The molecule has 0 fully saturated rings. The highest BCUT2D eigenvalue weighted by molar-refractivity contribution is 7.89. The van der Waals surface area contributed by atoms with Crippen molar-refractivity contribution in [2.45, 2.75) is 17.4 Å². The van der Waals surface area contributed by atoms with E-state index in [0.717, 1.165) is 17.0 Å². The molecule has 0 aliphatic heterocycles. The van der Waals surface area contributed by atoms with Gasteiger partial charge in [-0.2, -0.15) is 4.72 Å². The van der Waals surface area contributed by atoms with Gasteiger partial charge in [0, 0.05) is 45.8 Å². The van der Waals surface area contributed by atoms with Gasteiger partial charge in [0.05, 0.1) is 4.90 Å². The van der Waals surface area contributed by atoms with Crippen LogP contribution < -0.4 is 4.72 Å². The second kappa shape index (κ2) is 8.05. The monoisotopic (exact) mass is 474 g/mol. The largest absolute Gasteiger partial charge is 0.480 e. The van der Waals surface area contributed by atoms with Crippen molar-refractivity contribution in [3.8, 4) is 0 Å². The van der Waals surface area contributed by atoms with Gasteiger partial charge in [-0.1, -0.05) is 42.5 Å². The van der Waals surface area contributed by atoms with E-state index in [2.05, 4.69) is 9.71 Å². The molecule has 1 atom stereocenters. The normalized spacial score (nSPS) is 14.0. The number of benzene rings is 3. The minimum absolute atomic E-state index is 0.0323. The molecule has 0 radical (unpaired) electrons. The molecule has 0 bridgehead atoms. The Morgan fingerprint density at radius 1 is 0.882 bits per heavy atom. The molecule has 1 unspecified atom stereocenters. The maximum atomic E-state index is 13.1. The highest BCUT2D eigenvalue weighted by atomic mass is 32.2. The zero-order valence-electron chi connectivity index (χ0n) is 17.6. The molecular formula is C25H18N2O6S. The number of rotatable bonds is 6. The molecule has 4 aromatic rings. The van der Waals surface area contributed by atoms with Crippen molar-refractivity contribution < 1.29 is 27.9 Å². The predicted octanol–water partition coefficient (Wildman–Crippen LogP) is 2.92. The van der Waals surface area contributed by atoms with Gasteiger partial charge in [-0.3, -0.25) is 14.4 Å². The van der Waals surface area contributed by atoms with Crippen LogP contribution in [0.15, 0.2) is 77.8 Å². The Kier molecular flexibility index (Phi) is 5.15. The van der Waals surface area contributed by atoms with Gasteiger partial charge in [0.25, 0.3) is 0 Å². The highest BCUT2D eigenvalue weighted by Crippen LogP contribution is 2.29. The lowest BCUT2D eigenvalue weighted by molar-refractivity contribution is -0.138. The summed E-state index contributed by atoms with van der Waals surface area (Å²) in [5.41, 5.74) is 1.99. The molecule has 1 heterocycles. The third kappa shape index (κ3) is 3.60. The van der Waals surface area contributed by atoms with Crippen molar-refractivity contribution in [1.29, 1.82) is 0 Å². The number of carbonyl (C=O) groups is 3. The zero-order valence-corrected chi connectivity index (χ0v) is 18.4. The van der Waals surface area contributed by atoms with Crippen molar-refractivity contribution in [3.63, 3.8) is 0 Å². The van der Waals surface area contributed by atoms with Crippen molar-refractivity contribution in [2.24, 2.45) is 0 Å². The Morgan fingerprint density at radius 2 is 1.50 bits per heavy atom. The molecule has 3 aromatic carbocycles. The number of aromatic amines is 1. The second-order valence-electron chi connectivity index (χ2n) is 7.99. The molecule has 5 rings (SSSR count). The number of nitrogens with one attached hydrogen (secondary N) is 2. The van der Waals surface area contributed by atoms with Crippen LogP contribution in [0, 0.1) is 0 Å². The molecule has 1 aromatic heterocycles. The summed E-state index contributed by atoms with van der Waals surface area (Å²) in [4.78, 5) is 40.3. The molecule has 3 N–H and O–H groups in total. The van der Waals surface area contributed by atoms with Crippen molar-refractivity contribution in [1.82, 2.24) is 9.71 Å². The molecule has 0 saturated heterocycles. The summed E-state index contributed by atoms with van der Waals surface area (Å²) in [5.74, 6) is -2.17. The van der Waals surface area contributed by atoms with Gasteiger partial charge in [0.1, 0.15) is 6.04 Å². The fourth-order valence-electron chi connectivity index (χ4n) is 4.20. The number of sulfonamides is 1. The SMILES string of the molecule is O=C1c2ccccc2C(=O)c2cc(S(=O)(=O)NC(Cc3c[nH]c4ccccc34)C(=O)O)ccc21. The summed E-state index contributed by atoms with van der Waals surface area (Å²) in [6, 6.07) is 15.8. The number of carboxylic acids is 1. The zero-order chi connectivity index (χ0) is 24.0. The first-order valence-corrected chi connectivity index (χ1v) is 11.9. The number of fused-ring (bicyclic) bond motifs is 3. The number of hydrogen-bond acceptors (Lipinski definition) is 5. The van der Waals surface area contributed by atoms with E-state index in [9.17, 15) is 27.9 Å². The number of para-hydroxylation sites is 1. The van der Waals surface area contributed by atoms with Crippen molar-refractivity contribution >= 4 is 38.5 Å². The fraction of sp³-hybridized carbons (Fsp3) is 0.0800. The third-order valence-electron chi connectivity index (χ3n) is 5.90. The Labute approximate surface area is 194 Å². The summed E-state index contributed by atoms with van der Waals surface area (Å²) in [7, 11) is -4.32. The van der Waals surface area contributed by atoms with Gasteiger partial charge in [-0.25, -0.2) is 8.42 Å². The summed E-state index contributed by atoms with van der Waals surface area (Å²) < 4.78 is 28.4. The van der Waals surface area contributed by atoms with Crippen LogP contribution in [0.2, 0.25) is 0 Å². The van der Waals surface area contributed by atoms with E-state index in [-0.39, 0.29) is 39.4 Å². The predicted molar refractivity (Wildman–Crippen MR) is 123 cm³/mol. The summed E-state index contributed by atoms with van der Waals surface area (Å²) in [5, 5.41) is 10.5. The van der Waals surface area contributed by atoms with E-state index in [1.807, 2.05) is 24.3 Å². The van der Waals surface area contributed by atoms with Crippen molar-refractivity contribution in [3.05, 3.63) is 101 Å². The number of carboxylic acid groups (broad SMARTS) is 1. The van der Waals surface area contributed by atoms with E-state index in [1.165, 1.54) is 18.2 Å². The molecule has 0 amide bonds. The topological polar surface area (TPSA) is 133 Å². The van der Waals surface area contributed by atoms with Gasteiger partial charge in [-0.15, -0.1) is 0 Å². The molecule has 0 spiro atoms. The number of H-pyrrole nitrogens is 1. The lowest BCUT2D eigenvalue weighted by atomic mass is 9.84. The smallest absolute Gasteiger partial charge is 0.322 e. The maximum absolute atomic E-state index is 13.1. The number of hydrogen-bond donors (Lipinski definition) is 3. The molecule has 170 valence electrons. The number of aliphatic carboxylic acids is 1. The molecule has 34 heavy (non-hydrogen) atoms. The molecule has 8 nitrogen and oxygen atoms in total. The average molecular weight is 474 g/mol. The van der Waals surface area contributed by atoms with Crippen LogP contribution in [0.25, 0.3) is 10.9 Å². The molecule has 1 aliphatic carbocycles. The Bertz CT molecular complexity index is 1600. The minimum atomic E-state index is -4.32. The quantitative estimate of drug-likeness (QED) is 0.347. The summed E-state index contributed by atoms with van der Waals surface area (Å²) in [6.07, 6.45) is 1.56. The van der Waals surface area contributed by atoms with Gasteiger partial charge >= 0.3 is 5.97 Å². The average Bonchev–Trinajstić information content (AvgIpc) is 3.24. The summed E-state index contributed by atoms with van der Waals surface area (Å²) in [6.45, 7) is 0. The van der Waals surface area contributed by atoms with Crippen LogP contribution in [0.3, 0.4) is 0 Å². The molecular weight excluding hydrogens is 456 g/mol. The van der Waals surface area contributed by atoms with Crippen LogP contribution in [0.4, 0.5) is 0 Å². The van der Waals surface area contributed by atoms with E-state index >= 15 is 0 Å². The lowest BCUT2D eigenvalue weighted by Gasteiger charge is -2.19. The minimum Gasteiger partial charge on any atom is -0.480 e. The van der Waals surface area contributed by atoms with E-state index in [1.54, 1.807) is 24.4 Å². The number of aromatic nitrogens is 1. The number of carbonyl (C=O) groups excluding carboxylic acids is 2. The third-order valence-corrected chi connectivity index (χ3v) is 7.37. The Morgan fingerprint density at radius 3 is 2.21 bits per heavy atom. The second-order valence-corrected chi connectivity index (χ2v) is 9.70. The van der Waals surface area contributed by atoms with Gasteiger partial charge in [0.2, 0.25) is 10.0 Å². The maximum Gasteiger partial charge on any atom is 0.322 e. The van der Waals surface area contributed by atoms with Crippen LogP contribution >= 0.6 is 0 Å². The summed E-state index contributed by atoms with van der Waals surface area (Å²) >= 11 is 0. The lowest BCUT2D eigenvalue weighted by Crippen LogP contribution is -2.42. The fourth-order valence-corrected chi connectivity index (χ4v) is 5.42. The van der Waals surface area contributed by atoms with Crippen LogP contribution in [-0.2, 0) is 21.2 Å². The highest BCUT2D eigenvalue weighted by Gasteiger charge is 2.32. The molecule has 1 aliphatic rings. The van der Waals surface area contributed by atoms with Gasteiger partial charge in [0.15, 0.2) is 11.6 Å². The van der Waals surface area contributed by atoms with Crippen LogP contribution in [0.1, 0.15) is 37.4 Å². The van der Waals surface area contributed by atoms with Gasteiger partial charge < -0.3 is 10.1 Å². The van der Waals surface area contributed by atoms with Crippen LogP contribution in [0.5, 0.6) is 0 Å². The first-order chi connectivity index (χ1) is 16.3. The number of ketones is 2. The first-order valence-electron chi connectivity index (χ1n) is 10.4. The van der Waals surface area contributed by atoms with E-state index in [0.29, 0.717) is 5.56 Å². The Balaban J connectivity index is 1.47. The standard InChI is InChI=1S/C25H18N2O6S/c28-23-17-6-1-2-7-18(17)24(29)20-12-15(9-10-19(20)23)34(32,33)27-22(25(30)31)11-14-13-26-21-8-4-3-5-16(14)21/h1-10,12-13,22,26-27H,11H2,(H,30,31).